The number of nitrogens with zero attached hydrogens (tertiary/aromatic N) is 1. The molecule has 0 unspecified atom stereocenters. The maximum atomic E-state index is 12.5. The van der Waals surface area contributed by atoms with Crippen LogP contribution in [0.25, 0.3) is 0 Å². The summed E-state index contributed by atoms with van der Waals surface area (Å²) in [7, 11) is 0. The minimum absolute atomic E-state index is 0.193. The van der Waals surface area contributed by atoms with E-state index in [0.717, 1.165) is 5.69 Å². The first-order valence-corrected chi connectivity index (χ1v) is 6.58. The van der Waals surface area contributed by atoms with Gasteiger partial charge in [-0.25, -0.2) is 4.98 Å². The highest BCUT2D eigenvalue weighted by Crippen LogP contribution is 2.32. The smallest absolute Gasteiger partial charge is 0.238 e. The van der Waals surface area contributed by atoms with Crippen LogP contribution in [-0.2, 0) is 9.53 Å². The van der Waals surface area contributed by atoms with Crippen molar-refractivity contribution in [2.45, 2.75) is 19.8 Å². The molecule has 2 rings (SSSR count). The van der Waals surface area contributed by atoms with Gasteiger partial charge in [0.2, 0.25) is 5.91 Å². The lowest BCUT2D eigenvalue weighted by atomic mass is 9.79. The van der Waals surface area contributed by atoms with E-state index in [1.807, 2.05) is 19.1 Å². The number of nitrogens with one attached hydrogen (secondary N) is 1. The lowest BCUT2D eigenvalue weighted by Crippen LogP contribution is -2.49. The second-order valence-electron chi connectivity index (χ2n) is 4.68. The van der Waals surface area contributed by atoms with Crippen LogP contribution in [0, 0.1) is 12.3 Å². The molecule has 1 aliphatic rings. The summed E-state index contributed by atoms with van der Waals surface area (Å²) >= 11 is 5.09. The van der Waals surface area contributed by atoms with Crippen LogP contribution >= 0.6 is 12.2 Å². The standard InChI is InChI=1S/C13H17N3O2S/c1-9-3-2-4-10(15-9)16-12(17)13(11(14)19)5-7-18-8-6-13/h2-4H,5-8H2,1H3,(H2,14,19)(H,15,16,17). The Hall–Kier alpha value is -1.53. The van der Waals surface area contributed by atoms with Crippen molar-refractivity contribution in [2.75, 3.05) is 18.5 Å². The zero-order valence-corrected chi connectivity index (χ0v) is 11.6. The fourth-order valence-corrected chi connectivity index (χ4v) is 2.45. The van der Waals surface area contributed by atoms with Crippen molar-refractivity contribution < 1.29 is 9.53 Å². The maximum Gasteiger partial charge on any atom is 0.238 e. The molecular weight excluding hydrogens is 262 g/mol. The first-order chi connectivity index (χ1) is 9.04. The summed E-state index contributed by atoms with van der Waals surface area (Å²) in [4.78, 5) is 16.9. The minimum atomic E-state index is -0.820. The second kappa shape index (κ2) is 5.63. The third-order valence-corrected chi connectivity index (χ3v) is 3.77. The Balaban J connectivity index is 2.19. The van der Waals surface area contributed by atoms with E-state index in [0.29, 0.717) is 31.9 Å². The number of anilines is 1. The lowest BCUT2D eigenvalue weighted by molar-refractivity contribution is -0.126. The van der Waals surface area contributed by atoms with Crippen LogP contribution in [0.4, 0.5) is 5.82 Å². The number of nitrogens with two attached hydrogens (primary N) is 1. The highest BCUT2D eigenvalue weighted by atomic mass is 32.1. The Kier molecular flexibility index (Phi) is 4.11. The predicted octanol–water partition coefficient (Wildman–Crippen LogP) is 1.41. The van der Waals surface area contributed by atoms with Gasteiger partial charge in [0.15, 0.2) is 0 Å². The molecule has 1 amide bonds. The minimum Gasteiger partial charge on any atom is -0.392 e. The molecule has 0 aromatic carbocycles. The van der Waals surface area contributed by atoms with Gasteiger partial charge in [-0.15, -0.1) is 0 Å². The number of hydrogen-bond acceptors (Lipinski definition) is 4. The van der Waals surface area contributed by atoms with Crippen LogP contribution < -0.4 is 11.1 Å². The fourth-order valence-electron chi connectivity index (χ4n) is 2.15. The number of aromatic nitrogens is 1. The van der Waals surface area contributed by atoms with E-state index in [1.54, 1.807) is 6.07 Å². The summed E-state index contributed by atoms with van der Waals surface area (Å²) in [6.45, 7) is 2.85. The normalized spacial score (nSPS) is 17.7. The summed E-state index contributed by atoms with van der Waals surface area (Å²) in [5.74, 6) is 0.327. The van der Waals surface area contributed by atoms with Crippen LogP contribution in [0.2, 0.25) is 0 Å². The van der Waals surface area contributed by atoms with Gasteiger partial charge in [0, 0.05) is 18.9 Å². The molecule has 1 aromatic rings. The van der Waals surface area contributed by atoms with Gasteiger partial charge in [-0.2, -0.15) is 0 Å². The quantitative estimate of drug-likeness (QED) is 0.818. The maximum absolute atomic E-state index is 12.5. The molecule has 1 aliphatic heterocycles. The number of pyridine rings is 1. The molecule has 0 radical (unpaired) electrons. The number of amides is 1. The van der Waals surface area contributed by atoms with Crippen molar-refractivity contribution in [2.24, 2.45) is 11.1 Å². The van der Waals surface area contributed by atoms with Crippen LogP contribution in [0.3, 0.4) is 0 Å². The van der Waals surface area contributed by atoms with Crippen molar-refractivity contribution in [3.8, 4) is 0 Å². The van der Waals surface area contributed by atoms with E-state index < -0.39 is 5.41 Å². The van der Waals surface area contributed by atoms with Gasteiger partial charge in [-0.1, -0.05) is 18.3 Å². The molecule has 102 valence electrons. The van der Waals surface area contributed by atoms with Crippen LogP contribution in [0.15, 0.2) is 18.2 Å². The molecule has 0 saturated carbocycles. The zero-order valence-electron chi connectivity index (χ0n) is 10.8. The SMILES string of the molecule is Cc1cccc(NC(=O)C2(C(N)=S)CCOCC2)n1. The third-order valence-electron chi connectivity index (χ3n) is 3.38. The van der Waals surface area contributed by atoms with Gasteiger partial charge >= 0.3 is 0 Å². The molecule has 3 N–H and O–H groups in total. The first kappa shape index (κ1) is 13.9. The first-order valence-electron chi connectivity index (χ1n) is 6.17. The van der Waals surface area contributed by atoms with Crippen molar-refractivity contribution in [1.82, 2.24) is 4.98 Å². The van der Waals surface area contributed by atoms with Crippen molar-refractivity contribution in [3.05, 3.63) is 23.9 Å². The van der Waals surface area contributed by atoms with Gasteiger partial charge in [0.25, 0.3) is 0 Å². The molecule has 1 saturated heterocycles. The van der Waals surface area contributed by atoms with E-state index in [2.05, 4.69) is 10.3 Å². The third kappa shape index (κ3) is 2.90. The highest BCUT2D eigenvalue weighted by molar-refractivity contribution is 7.80. The number of aryl methyl sites for hydroxylation is 1. The number of rotatable bonds is 3. The Labute approximate surface area is 117 Å². The van der Waals surface area contributed by atoms with Crippen LogP contribution in [0.1, 0.15) is 18.5 Å². The Bertz CT molecular complexity index is 498. The van der Waals surface area contributed by atoms with E-state index in [9.17, 15) is 4.79 Å². The van der Waals surface area contributed by atoms with Gasteiger partial charge in [0.05, 0.1) is 4.99 Å². The molecule has 1 aromatic heterocycles. The molecule has 6 heteroatoms. The van der Waals surface area contributed by atoms with E-state index >= 15 is 0 Å². The number of hydrogen-bond donors (Lipinski definition) is 2. The molecule has 0 spiro atoms. The van der Waals surface area contributed by atoms with Gasteiger partial charge in [-0.05, 0) is 31.9 Å². The topological polar surface area (TPSA) is 77.2 Å². The summed E-state index contributed by atoms with van der Waals surface area (Å²) in [6, 6.07) is 5.46. The summed E-state index contributed by atoms with van der Waals surface area (Å²) in [5.41, 5.74) is 5.80. The number of ether oxygens (including phenoxy) is 1. The molecule has 5 nitrogen and oxygen atoms in total. The molecule has 19 heavy (non-hydrogen) atoms. The average molecular weight is 279 g/mol. The fraction of sp³-hybridized carbons (Fsp3) is 0.462. The van der Waals surface area contributed by atoms with Gasteiger partial charge in [0.1, 0.15) is 11.2 Å². The molecular formula is C13H17N3O2S. The van der Waals surface area contributed by atoms with E-state index in [1.165, 1.54) is 0 Å². The predicted molar refractivity (Wildman–Crippen MR) is 76.9 cm³/mol. The van der Waals surface area contributed by atoms with Crippen LogP contribution in [0.5, 0.6) is 0 Å². The average Bonchev–Trinajstić information content (AvgIpc) is 2.39. The highest BCUT2D eigenvalue weighted by Gasteiger charge is 2.43. The summed E-state index contributed by atoms with van der Waals surface area (Å²) in [5, 5.41) is 2.80. The van der Waals surface area contributed by atoms with Crippen molar-refractivity contribution in [1.29, 1.82) is 0 Å². The number of carbonyl (C=O) groups is 1. The Morgan fingerprint density at radius 2 is 2.16 bits per heavy atom. The van der Waals surface area contributed by atoms with E-state index in [-0.39, 0.29) is 10.9 Å². The number of thiocarbonyl (C=S) groups is 1. The zero-order chi connectivity index (χ0) is 13.9. The largest absolute Gasteiger partial charge is 0.392 e. The molecule has 1 fully saturated rings. The molecule has 0 aliphatic carbocycles. The Morgan fingerprint density at radius 3 is 2.74 bits per heavy atom. The Morgan fingerprint density at radius 1 is 1.47 bits per heavy atom. The summed E-state index contributed by atoms with van der Waals surface area (Å²) < 4.78 is 5.28. The monoisotopic (exact) mass is 279 g/mol. The number of carbonyl (C=O) groups excluding carboxylic acids is 1. The molecule has 0 bridgehead atoms. The van der Waals surface area contributed by atoms with Gasteiger partial charge in [-0.3, -0.25) is 4.79 Å². The molecule has 0 atom stereocenters. The van der Waals surface area contributed by atoms with E-state index in [4.69, 9.17) is 22.7 Å². The lowest BCUT2D eigenvalue weighted by Gasteiger charge is -2.34. The van der Waals surface area contributed by atoms with Crippen molar-refractivity contribution in [3.63, 3.8) is 0 Å². The van der Waals surface area contributed by atoms with Gasteiger partial charge < -0.3 is 15.8 Å². The second-order valence-corrected chi connectivity index (χ2v) is 5.12. The summed E-state index contributed by atoms with van der Waals surface area (Å²) in [6.07, 6.45) is 1.03. The van der Waals surface area contributed by atoms with Crippen molar-refractivity contribution >= 4 is 28.9 Å². The van der Waals surface area contributed by atoms with Crippen LogP contribution in [-0.4, -0.2) is 29.1 Å². The molecule has 2 heterocycles.